The highest BCUT2D eigenvalue weighted by Crippen LogP contribution is 2.23. The van der Waals surface area contributed by atoms with E-state index in [4.69, 9.17) is 11.6 Å². The normalized spacial score (nSPS) is 15.6. The van der Waals surface area contributed by atoms with Gasteiger partial charge in [0, 0.05) is 56.6 Å². The summed E-state index contributed by atoms with van der Waals surface area (Å²) in [6, 6.07) is 4.07. The first-order valence-corrected chi connectivity index (χ1v) is 10.5. The van der Waals surface area contributed by atoms with Gasteiger partial charge in [-0.15, -0.1) is 35.3 Å². The molecule has 154 valence electrons. The van der Waals surface area contributed by atoms with Gasteiger partial charge in [-0.1, -0.05) is 25.4 Å². The Hall–Kier alpha value is -0.580. The number of piperazine rings is 1. The third-order valence-electron chi connectivity index (χ3n) is 4.21. The summed E-state index contributed by atoms with van der Waals surface area (Å²) < 4.78 is 0.852. The summed E-state index contributed by atoms with van der Waals surface area (Å²) in [5.41, 5.74) is 0. The zero-order chi connectivity index (χ0) is 18.9. The minimum atomic E-state index is 0. The quantitative estimate of drug-likeness (QED) is 0.248. The summed E-state index contributed by atoms with van der Waals surface area (Å²) in [4.78, 5) is 22.3. The fourth-order valence-corrected chi connectivity index (χ4v) is 3.88. The first-order valence-electron chi connectivity index (χ1n) is 9.27. The molecule has 2 rings (SSSR count). The number of hydrogen-bond donors (Lipinski definition) is 2. The first-order chi connectivity index (χ1) is 12.5. The number of rotatable bonds is 7. The molecule has 9 heteroatoms. The molecule has 1 aromatic rings. The van der Waals surface area contributed by atoms with Crippen molar-refractivity contribution < 1.29 is 4.79 Å². The van der Waals surface area contributed by atoms with Gasteiger partial charge in [-0.2, -0.15) is 0 Å². The van der Waals surface area contributed by atoms with Crippen molar-refractivity contribution in [2.45, 2.75) is 27.3 Å². The predicted molar refractivity (Wildman–Crippen MR) is 125 cm³/mol. The molecule has 0 unspecified atom stereocenters. The fourth-order valence-electron chi connectivity index (χ4n) is 2.75. The van der Waals surface area contributed by atoms with Crippen LogP contribution in [0, 0.1) is 5.92 Å². The summed E-state index contributed by atoms with van der Waals surface area (Å²) in [5.74, 6) is 1.02. The van der Waals surface area contributed by atoms with Crippen LogP contribution in [0.15, 0.2) is 17.1 Å². The summed E-state index contributed by atoms with van der Waals surface area (Å²) in [6.07, 6.45) is 0. The Bertz CT molecular complexity index is 602. The lowest BCUT2D eigenvalue weighted by atomic mass is 10.2. The molecule has 1 saturated heterocycles. The second-order valence-corrected chi connectivity index (χ2v) is 8.45. The summed E-state index contributed by atoms with van der Waals surface area (Å²) >= 11 is 7.67. The van der Waals surface area contributed by atoms with Crippen molar-refractivity contribution in [2.75, 3.05) is 45.8 Å². The van der Waals surface area contributed by atoms with E-state index < -0.39 is 0 Å². The number of nitrogens with zero attached hydrogens (tertiary/aromatic N) is 3. The van der Waals surface area contributed by atoms with Crippen LogP contribution in [0.5, 0.6) is 0 Å². The standard InChI is InChI=1S/C18H30ClN5OS.HI/c1-4-20-18(22-8-7-21-17(25)14(2)3)24-11-9-23(10-12-24)13-15-5-6-16(19)26-15;/h5-6,14H,4,7-13H2,1-3H3,(H,20,22)(H,21,25);1H. The lowest BCUT2D eigenvalue weighted by Gasteiger charge is -2.36. The van der Waals surface area contributed by atoms with Crippen LogP contribution in [0.3, 0.4) is 0 Å². The van der Waals surface area contributed by atoms with Crippen molar-refractivity contribution in [3.63, 3.8) is 0 Å². The van der Waals surface area contributed by atoms with Crippen LogP contribution in [0.4, 0.5) is 0 Å². The molecular formula is C18H31ClIN5OS. The van der Waals surface area contributed by atoms with Gasteiger partial charge in [-0.3, -0.25) is 14.7 Å². The Kier molecular flexibility index (Phi) is 11.6. The third-order valence-corrected chi connectivity index (χ3v) is 5.43. The van der Waals surface area contributed by atoms with Crippen molar-refractivity contribution >= 4 is 58.8 Å². The fraction of sp³-hybridized carbons (Fsp3) is 0.667. The summed E-state index contributed by atoms with van der Waals surface area (Å²) in [7, 11) is 0. The van der Waals surface area contributed by atoms with E-state index in [0.717, 1.165) is 49.6 Å². The van der Waals surface area contributed by atoms with E-state index in [2.05, 4.69) is 38.4 Å². The zero-order valence-corrected chi connectivity index (χ0v) is 20.2. The van der Waals surface area contributed by atoms with Crippen molar-refractivity contribution in [3.8, 4) is 0 Å². The van der Waals surface area contributed by atoms with Gasteiger partial charge < -0.3 is 15.5 Å². The maximum atomic E-state index is 11.6. The van der Waals surface area contributed by atoms with Gasteiger partial charge in [-0.05, 0) is 19.1 Å². The number of guanidine groups is 1. The predicted octanol–water partition coefficient (Wildman–Crippen LogP) is 2.87. The minimum Gasteiger partial charge on any atom is -0.357 e. The summed E-state index contributed by atoms with van der Waals surface area (Å²) in [6.45, 7) is 12.7. The molecule has 1 amide bonds. The van der Waals surface area contributed by atoms with Crippen LogP contribution in [-0.2, 0) is 11.3 Å². The Morgan fingerprint density at radius 2 is 1.96 bits per heavy atom. The molecular weight excluding hydrogens is 497 g/mol. The molecule has 1 aliphatic rings. The van der Waals surface area contributed by atoms with Crippen molar-refractivity contribution in [1.82, 2.24) is 20.4 Å². The van der Waals surface area contributed by atoms with E-state index in [-0.39, 0.29) is 35.8 Å². The molecule has 0 aliphatic carbocycles. The highest BCUT2D eigenvalue weighted by molar-refractivity contribution is 14.0. The molecule has 6 nitrogen and oxygen atoms in total. The molecule has 1 fully saturated rings. The second-order valence-electron chi connectivity index (χ2n) is 6.65. The number of hydrogen-bond acceptors (Lipinski definition) is 4. The first kappa shape index (κ1) is 24.5. The second kappa shape index (κ2) is 12.8. The maximum absolute atomic E-state index is 11.6. The van der Waals surface area contributed by atoms with Crippen LogP contribution in [0.2, 0.25) is 4.34 Å². The van der Waals surface area contributed by atoms with Crippen molar-refractivity contribution in [1.29, 1.82) is 0 Å². The van der Waals surface area contributed by atoms with Crippen LogP contribution in [0.1, 0.15) is 25.6 Å². The third kappa shape index (κ3) is 8.53. The largest absolute Gasteiger partial charge is 0.357 e. The Morgan fingerprint density at radius 1 is 1.26 bits per heavy atom. The Morgan fingerprint density at radius 3 is 2.52 bits per heavy atom. The van der Waals surface area contributed by atoms with Crippen LogP contribution < -0.4 is 10.6 Å². The number of nitrogens with one attached hydrogen (secondary N) is 2. The number of carbonyl (C=O) groups is 1. The van der Waals surface area contributed by atoms with Gasteiger partial charge in [0.25, 0.3) is 0 Å². The monoisotopic (exact) mass is 527 g/mol. The molecule has 0 aromatic carbocycles. The van der Waals surface area contributed by atoms with Gasteiger partial charge in [0.1, 0.15) is 0 Å². The molecule has 0 spiro atoms. The van der Waals surface area contributed by atoms with Gasteiger partial charge in [0.15, 0.2) is 5.96 Å². The van der Waals surface area contributed by atoms with E-state index in [1.54, 1.807) is 11.3 Å². The smallest absolute Gasteiger partial charge is 0.222 e. The highest BCUT2D eigenvalue weighted by atomic mass is 127. The van der Waals surface area contributed by atoms with Gasteiger partial charge in [-0.25, -0.2) is 0 Å². The summed E-state index contributed by atoms with van der Waals surface area (Å²) in [5, 5.41) is 6.27. The molecule has 0 radical (unpaired) electrons. The molecule has 0 saturated carbocycles. The average Bonchev–Trinajstić information content (AvgIpc) is 3.03. The molecule has 1 aromatic heterocycles. The number of carbonyl (C=O) groups excluding carboxylic acids is 1. The molecule has 27 heavy (non-hydrogen) atoms. The lowest BCUT2D eigenvalue weighted by Crippen LogP contribution is -2.52. The van der Waals surface area contributed by atoms with E-state index in [9.17, 15) is 4.79 Å². The van der Waals surface area contributed by atoms with E-state index in [0.29, 0.717) is 13.1 Å². The van der Waals surface area contributed by atoms with Crippen molar-refractivity contribution in [2.24, 2.45) is 10.9 Å². The highest BCUT2D eigenvalue weighted by Gasteiger charge is 2.20. The maximum Gasteiger partial charge on any atom is 0.222 e. The van der Waals surface area contributed by atoms with Crippen LogP contribution >= 0.6 is 46.9 Å². The van der Waals surface area contributed by atoms with Gasteiger partial charge in [0.05, 0.1) is 10.9 Å². The molecule has 0 atom stereocenters. The SMILES string of the molecule is CCNC(=NCCNC(=O)C(C)C)N1CCN(Cc2ccc(Cl)s2)CC1.I. The van der Waals surface area contributed by atoms with E-state index >= 15 is 0 Å². The average molecular weight is 528 g/mol. The lowest BCUT2D eigenvalue weighted by molar-refractivity contribution is -0.123. The van der Waals surface area contributed by atoms with Crippen LogP contribution in [0.25, 0.3) is 0 Å². The Labute approximate surface area is 188 Å². The zero-order valence-electron chi connectivity index (χ0n) is 16.3. The van der Waals surface area contributed by atoms with Crippen LogP contribution in [-0.4, -0.2) is 67.5 Å². The van der Waals surface area contributed by atoms with E-state index in [1.165, 1.54) is 4.88 Å². The van der Waals surface area contributed by atoms with Crippen molar-refractivity contribution in [3.05, 3.63) is 21.3 Å². The number of halogens is 2. The van der Waals surface area contributed by atoms with E-state index in [1.807, 2.05) is 19.9 Å². The van der Waals surface area contributed by atoms with Gasteiger partial charge in [0.2, 0.25) is 5.91 Å². The number of amides is 1. The Balaban J connectivity index is 0.00000364. The topological polar surface area (TPSA) is 60.0 Å². The molecule has 2 N–H and O–H groups in total. The minimum absolute atomic E-state index is 0. The number of thiophene rings is 1. The molecule has 2 heterocycles. The molecule has 0 bridgehead atoms. The van der Waals surface area contributed by atoms with Gasteiger partial charge >= 0.3 is 0 Å². The number of aliphatic imine (C=N–C) groups is 1. The molecule has 1 aliphatic heterocycles.